The molecule has 0 fully saturated rings. The number of rotatable bonds is 2. The SMILES string of the molecule is O=C1CCn2cc(-c3c(O)[nH]c(O)c3-c3c[nH]c4cc(O)ccc34)c3cccc1c32. The van der Waals surface area contributed by atoms with E-state index in [1.54, 1.807) is 24.4 Å². The van der Waals surface area contributed by atoms with Gasteiger partial charge in [-0.25, -0.2) is 0 Å². The van der Waals surface area contributed by atoms with Crippen molar-refractivity contribution in [1.29, 1.82) is 0 Å². The van der Waals surface area contributed by atoms with Gasteiger partial charge in [-0.3, -0.25) is 9.78 Å². The summed E-state index contributed by atoms with van der Waals surface area (Å²) in [6.07, 6.45) is 4.10. The number of para-hydroxylation sites is 1. The summed E-state index contributed by atoms with van der Waals surface area (Å²) < 4.78 is 2.03. The van der Waals surface area contributed by atoms with E-state index in [-0.39, 0.29) is 23.3 Å². The van der Waals surface area contributed by atoms with Gasteiger partial charge in [0.2, 0.25) is 0 Å². The summed E-state index contributed by atoms with van der Waals surface area (Å²) in [6, 6.07) is 10.5. The smallest absolute Gasteiger partial charge is 0.200 e. The Morgan fingerprint density at radius 3 is 2.53 bits per heavy atom. The topological polar surface area (TPSA) is 114 Å². The van der Waals surface area contributed by atoms with E-state index in [2.05, 4.69) is 9.97 Å². The Hall–Kier alpha value is -4.13. The summed E-state index contributed by atoms with van der Waals surface area (Å²) in [5.41, 5.74) is 4.59. The van der Waals surface area contributed by atoms with Crippen LogP contribution < -0.4 is 0 Å². The van der Waals surface area contributed by atoms with Crippen molar-refractivity contribution >= 4 is 27.6 Å². The van der Waals surface area contributed by atoms with E-state index in [4.69, 9.17) is 0 Å². The molecule has 0 saturated carbocycles. The zero-order valence-electron chi connectivity index (χ0n) is 15.7. The molecule has 148 valence electrons. The molecule has 0 aliphatic carbocycles. The lowest BCUT2D eigenvalue weighted by Crippen LogP contribution is -2.13. The Labute approximate surface area is 169 Å². The van der Waals surface area contributed by atoms with Crippen molar-refractivity contribution in [2.24, 2.45) is 0 Å². The van der Waals surface area contributed by atoms with Crippen molar-refractivity contribution in [2.75, 3.05) is 0 Å². The number of nitrogens with zero attached hydrogens (tertiary/aromatic N) is 1. The number of aromatic hydroxyl groups is 3. The molecule has 7 nitrogen and oxygen atoms in total. The highest BCUT2D eigenvalue weighted by Crippen LogP contribution is 2.49. The first-order valence-corrected chi connectivity index (χ1v) is 9.62. The van der Waals surface area contributed by atoms with Crippen LogP contribution in [0.15, 0.2) is 48.8 Å². The van der Waals surface area contributed by atoms with Crippen LogP contribution in [0.4, 0.5) is 0 Å². The number of nitrogens with one attached hydrogen (secondary N) is 2. The summed E-state index contributed by atoms with van der Waals surface area (Å²) in [5, 5.41) is 32.8. The van der Waals surface area contributed by atoms with Gasteiger partial charge in [-0.2, -0.15) is 0 Å². The Kier molecular flexibility index (Phi) is 3.19. The van der Waals surface area contributed by atoms with E-state index in [1.807, 2.05) is 29.0 Å². The zero-order valence-corrected chi connectivity index (χ0v) is 15.7. The molecule has 0 radical (unpaired) electrons. The van der Waals surface area contributed by atoms with Gasteiger partial charge in [0.05, 0.1) is 16.6 Å². The van der Waals surface area contributed by atoms with Gasteiger partial charge in [-0.1, -0.05) is 12.1 Å². The van der Waals surface area contributed by atoms with E-state index in [0.717, 1.165) is 21.9 Å². The Balaban J connectivity index is 1.68. The third-order valence-corrected chi connectivity index (χ3v) is 5.94. The van der Waals surface area contributed by atoms with Crippen molar-refractivity contribution in [3.05, 3.63) is 54.4 Å². The maximum absolute atomic E-state index is 12.4. The number of aryl methyl sites for hydroxylation is 1. The van der Waals surface area contributed by atoms with Gasteiger partial charge in [0.25, 0.3) is 0 Å². The second-order valence-corrected chi connectivity index (χ2v) is 7.62. The summed E-state index contributed by atoms with van der Waals surface area (Å²) in [5.74, 6) is -0.0587. The van der Waals surface area contributed by atoms with E-state index in [1.165, 1.54) is 0 Å². The summed E-state index contributed by atoms with van der Waals surface area (Å²) >= 11 is 0. The number of aromatic amines is 2. The minimum Gasteiger partial charge on any atom is -0.508 e. The minimum absolute atomic E-state index is 0.107. The highest BCUT2D eigenvalue weighted by Gasteiger charge is 2.28. The molecule has 0 atom stereocenters. The molecule has 0 amide bonds. The predicted octanol–water partition coefficient (Wildman–Crippen LogP) is 4.49. The van der Waals surface area contributed by atoms with Crippen molar-refractivity contribution in [3.63, 3.8) is 0 Å². The van der Waals surface area contributed by atoms with Gasteiger partial charge < -0.3 is 24.9 Å². The Morgan fingerprint density at radius 2 is 1.70 bits per heavy atom. The van der Waals surface area contributed by atoms with Gasteiger partial charge in [-0.05, 0) is 18.2 Å². The quantitative estimate of drug-likeness (QED) is 0.301. The Morgan fingerprint density at radius 1 is 0.900 bits per heavy atom. The first kappa shape index (κ1) is 16.8. The van der Waals surface area contributed by atoms with Crippen molar-refractivity contribution < 1.29 is 20.1 Å². The van der Waals surface area contributed by atoms with E-state index >= 15 is 0 Å². The molecule has 3 aromatic heterocycles. The standard InChI is InChI=1S/C23H17N3O4/c27-11-4-5-12-15(9-24-17(12)8-11)19-20(23(30)25-22(19)29)16-10-26-7-6-18(28)14-3-1-2-13(16)21(14)26/h1-5,8-10,24-25,27,29-30H,6-7H2. The van der Waals surface area contributed by atoms with E-state index < -0.39 is 0 Å². The number of hydrogen-bond acceptors (Lipinski definition) is 4. The van der Waals surface area contributed by atoms with E-state index in [9.17, 15) is 20.1 Å². The summed E-state index contributed by atoms with van der Waals surface area (Å²) in [4.78, 5) is 18.1. The molecule has 2 aromatic carbocycles. The van der Waals surface area contributed by atoms with Crippen LogP contribution in [0.1, 0.15) is 16.8 Å². The van der Waals surface area contributed by atoms with Crippen molar-refractivity contribution in [1.82, 2.24) is 14.5 Å². The molecule has 1 aliphatic rings. The summed E-state index contributed by atoms with van der Waals surface area (Å²) in [6.45, 7) is 0.575. The van der Waals surface area contributed by atoms with Crippen LogP contribution >= 0.6 is 0 Å². The van der Waals surface area contributed by atoms with Crippen molar-refractivity contribution in [3.8, 4) is 39.8 Å². The molecule has 0 spiro atoms. The number of phenols is 1. The van der Waals surface area contributed by atoms with E-state index in [0.29, 0.717) is 40.7 Å². The number of phenolic OH excluding ortho intramolecular Hbond substituents is 1. The third-order valence-electron chi connectivity index (χ3n) is 5.94. The van der Waals surface area contributed by atoms with Crippen LogP contribution in [-0.4, -0.2) is 35.6 Å². The number of benzene rings is 2. The average molecular weight is 399 g/mol. The fourth-order valence-corrected chi connectivity index (χ4v) is 4.64. The van der Waals surface area contributed by atoms with Crippen LogP contribution in [0.2, 0.25) is 0 Å². The van der Waals surface area contributed by atoms with Crippen LogP contribution in [-0.2, 0) is 6.54 Å². The van der Waals surface area contributed by atoms with Gasteiger partial charge in [0, 0.05) is 64.4 Å². The molecule has 4 heterocycles. The number of fused-ring (bicyclic) bond motifs is 1. The minimum atomic E-state index is -0.153. The number of carbonyl (C=O) groups is 1. The maximum Gasteiger partial charge on any atom is 0.200 e. The maximum atomic E-state index is 12.4. The highest BCUT2D eigenvalue weighted by atomic mass is 16.3. The first-order valence-electron chi connectivity index (χ1n) is 9.62. The van der Waals surface area contributed by atoms with Crippen LogP contribution in [0.3, 0.4) is 0 Å². The molecule has 0 unspecified atom stereocenters. The zero-order chi connectivity index (χ0) is 20.6. The van der Waals surface area contributed by atoms with Gasteiger partial charge >= 0.3 is 0 Å². The Bertz CT molecular complexity index is 1500. The molecular weight excluding hydrogens is 382 g/mol. The molecular formula is C23H17N3O4. The number of H-pyrrole nitrogens is 2. The van der Waals surface area contributed by atoms with Crippen molar-refractivity contribution in [2.45, 2.75) is 13.0 Å². The number of aromatic nitrogens is 3. The largest absolute Gasteiger partial charge is 0.508 e. The molecule has 30 heavy (non-hydrogen) atoms. The number of carbonyl (C=O) groups excluding carboxylic acids is 1. The molecule has 5 aromatic rings. The molecule has 1 aliphatic heterocycles. The predicted molar refractivity (Wildman–Crippen MR) is 113 cm³/mol. The molecule has 7 heteroatoms. The average Bonchev–Trinajstić information content (AvgIpc) is 3.38. The second kappa shape index (κ2) is 5.70. The monoisotopic (exact) mass is 399 g/mol. The van der Waals surface area contributed by atoms with Crippen LogP contribution in [0.5, 0.6) is 17.5 Å². The third kappa shape index (κ3) is 2.11. The number of hydrogen-bond donors (Lipinski definition) is 5. The number of Topliss-reactive ketones (excluding diaryl/α,β-unsaturated/α-hetero) is 1. The van der Waals surface area contributed by atoms with Gasteiger partial charge in [0.1, 0.15) is 5.75 Å². The first-order chi connectivity index (χ1) is 14.5. The fourth-order valence-electron chi connectivity index (χ4n) is 4.64. The number of ketones is 1. The lowest BCUT2D eigenvalue weighted by atomic mass is 9.96. The van der Waals surface area contributed by atoms with Gasteiger partial charge in [0.15, 0.2) is 17.5 Å². The summed E-state index contributed by atoms with van der Waals surface area (Å²) in [7, 11) is 0. The lowest BCUT2D eigenvalue weighted by molar-refractivity contribution is 0.0973. The molecule has 0 saturated heterocycles. The van der Waals surface area contributed by atoms with Gasteiger partial charge in [-0.15, -0.1) is 0 Å². The lowest BCUT2D eigenvalue weighted by Gasteiger charge is -2.13. The van der Waals surface area contributed by atoms with Crippen LogP contribution in [0.25, 0.3) is 44.1 Å². The normalized spacial score (nSPS) is 13.5. The molecule has 0 bridgehead atoms. The molecule has 5 N–H and O–H groups in total. The van der Waals surface area contributed by atoms with Crippen LogP contribution in [0, 0.1) is 0 Å². The highest BCUT2D eigenvalue weighted by molar-refractivity contribution is 6.14. The fraction of sp³-hybridized carbons (Fsp3) is 0.0870. The molecule has 6 rings (SSSR count). The second-order valence-electron chi connectivity index (χ2n) is 7.62.